The van der Waals surface area contributed by atoms with Gasteiger partial charge in [0.15, 0.2) is 5.96 Å². The molecule has 1 unspecified atom stereocenters. The monoisotopic (exact) mass is 483 g/mol. The van der Waals surface area contributed by atoms with Crippen molar-refractivity contribution in [2.24, 2.45) is 4.99 Å². The summed E-state index contributed by atoms with van der Waals surface area (Å²) in [6.45, 7) is 4.90. The number of guanidine groups is 1. The maximum Gasteiger partial charge on any atom is 0.241 e. The molecule has 148 valence electrons. The minimum Gasteiger partial charge on any atom is -0.347 e. The van der Waals surface area contributed by atoms with E-state index in [9.17, 15) is 4.79 Å². The Hall–Kier alpha value is -1.61. The number of carbonyl (C=O) groups excluding carboxylic acids is 1. The second-order valence-electron chi connectivity index (χ2n) is 7.08. The van der Waals surface area contributed by atoms with E-state index in [0.717, 1.165) is 38.6 Å². The highest BCUT2D eigenvalue weighted by molar-refractivity contribution is 14.0. The van der Waals surface area contributed by atoms with Crippen molar-refractivity contribution >= 4 is 35.8 Å². The van der Waals surface area contributed by atoms with Gasteiger partial charge in [-0.2, -0.15) is 0 Å². The molecule has 0 bridgehead atoms. The Morgan fingerprint density at radius 3 is 2.59 bits per heavy atom. The topological polar surface area (TPSA) is 51.2 Å². The van der Waals surface area contributed by atoms with Gasteiger partial charge in [-0.25, -0.2) is 4.99 Å². The third-order valence-electron chi connectivity index (χ3n) is 4.98. The quantitative estimate of drug-likeness (QED) is 0.301. The van der Waals surface area contributed by atoms with E-state index < -0.39 is 0 Å². The normalized spacial score (nSPS) is 19.9. The number of halogens is 1. The lowest BCUT2D eigenvalue weighted by atomic mass is 10.2. The van der Waals surface area contributed by atoms with Crippen LogP contribution in [0.1, 0.15) is 12.0 Å². The average molecular weight is 483 g/mol. The zero-order chi connectivity index (χ0) is 18.4. The Bertz CT molecular complexity index is 654. The molecular weight excluding hydrogens is 453 g/mol. The van der Waals surface area contributed by atoms with Gasteiger partial charge in [-0.3, -0.25) is 9.69 Å². The molecule has 2 aliphatic heterocycles. The van der Waals surface area contributed by atoms with Gasteiger partial charge in [0.05, 0.1) is 13.1 Å². The zero-order valence-electron chi connectivity index (χ0n) is 16.2. The molecule has 1 fully saturated rings. The van der Waals surface area contributed by atoms with E-state index in [4.69, 9.17) is 4.99 Å². The summed E-state index contributed by atoms with van der Waals surface area (Å²) in [4.78, 5) is 23.2. The molecule has 7 heteroatoms. The Morgan fingerprint density at radius 1 is 1.22 bits per heavy atom. The van der Waals surface area contributed by atoms with Crippen LogP contribution in [0.4, 0.5) is 0 Å². The zero-order valence-corrected chi connectivity index (χ0v) is 18.5. The summed E-state index contributed by atoms with van der Waals surface area (Å²) in [5.74, 6) is 0.885. The van der Waals surface area contributed by atoms with Gasteiger partial charge in [0.2, 0.25) is 5.91 Å². The van der Waals surface area contributed by atoms with Crippen LogP contribution >= 0.6 is 24.0 Å². The van der Waals surface area contributed by atoms with Crippen molar-refractivity contribution in [2.75, 3.05) is 46.8 Å². The molecule has 0 spiro atoms. The Labute approximate surface area is 179 Å². The van der Waals surface area contributed by atoms with Crippen LogP contribution in [0.15, 0.2) is 47.5 Å². The molecule has 27 heavy (non-hydrogen) atoms. The summed E-state index contributed by atoms with van der Waals surface area (Å²) >= 11 is 0. The lowest BCUT2D eigenvalue weighted by Crippen LogP contribution is -2.46. The fourth-order valence-corrected chi connectivity index (χ4v) is 3.35. The molecule has 0 aromatic heterocycles. The summed E-state index contributed by atoms with van der Waals surface area (Å²) < 4.78 is 0. The van der Waals surface area contributed by atoms with Crippen molar-refractivity contribution < 1.29 is 4.79 Å². The van der Waals surface area contributed by atoms with Crippen LogP contribution in [0, 0.1) is 0 Å². The van der Waals surface area contributed by atoms with Crippen molar-refractivity contribution in [1.82, 2.24) is 20.0 Å². The summed E-state index contributed by atoms with van der Waals surface area (Å²) in [5, 5.41) is 3.27. The van der Waals surface area contributed by atoms with Gasteiger partial charge in [-0.1, -0.05) is 42.5 Å². The van der Waals surface area contributed by atoms with Crippen molar-refractivity contribution in [2.45, 2.75) is 19.0 Å². The third kappa shape index (κ3) is 6.21. The fraction of sp³-hybridized carbons (Fsp3) is 0.500. The Morgan fingerprint density at radius 2 is 1.93 bits per heavy atom. The largest absolute Gasteiger partial charge is 0.347 e. The second-order valence-corrected chi connectivity index (χ2v) is 7.08. The van der Waals surface area contributed by atoms with Gasteiger partial charge in [-0.05, 0) is 12.0 Å². The molecule has 1 aromatic carbocycles. The molecule has 1 aromatic rings. The van der Waals surface area contributed by atoms with E-state index in [1.165, 1.54) is 5.56 Å². The first-order chi connectivity index (χ1) is 12.6. The van der Waals surface area contributed by atoms with Crippen molar-refractivity contribution in [3.05, 3.63) is 48.0 Å². The van der Waals surface area contributed by atoms with Crippen LogP contribution in [0.25, 0.3) is 0 Å². The van der Waals surface area contributed by atoms with Gasteiger partial charge >= 0.3 is 0 Å². The number of nitrogens with zero attached hydrogens (tertiary/aromatic N) is 4. The number of hydrogen-bond donors (Lipinski definition) is 1. The maximum atomic E-state index is 12.0. The number of aliphatic imine (C=N–C) groups is 1. The predicted octanol–water partition coefficient (Wildman–Crippen LogP) is 1.78. The van der Waals surface area contributed by atoms with Gasteiger partial charge in [-0.15, -0.1) is 24.0 Å². The predicted molar refractivity (Wildman–Crippen MR) is 120 cm³/mol. The highest BCUT2D eigenvalue weighted by atomic mass is 127. The molecule has 0 saturated carbocycles. The number of benzene rings is 1. The Kier molecular flexibility index (Phi) is 8.56. The highest BCUT2D eigenvalue weighted by Gasteiger charge is 2.29. The molecule has 1 saturated heterocycles. The van der Waals surface area contributed by atoms with E-state index >= 15 is 0 Å². The summed E-state index contributed by atoms with van der Waals surface area (Å²) in [5.41, 5.74) is 1.17. The van der Waals surface area contributed by atoms with Gasteiger partial charge in [0.25, 0.3) is 0 Å². The smallest absolute Gasteiger partial charge is 0.241 e. The third-order valence-corrected chi connectivity index (χ3v) is 4.98. The van der Waals surface area contributed by atoms with Crippen molar-refractivity contribution in [3.8, 4) is 0 Å². The van der Waals surface area contributed by atoms with Crippen LogP contribution in [0.3, 0.4) is 0 Å². The second kappa shape index (κ2) is 10.7. The summed E-state index contributed by atoms with van der Waals surface area (Å²) in [6.07, 6.45) is 5.61. The summed E-state index contributed by atoms with van der Waals surface area (Å²) in [6, 6.07) is 10.8. The van der Waals surface area contributed by atoms with E-state index in [-0.39, 0.29) is 36.4 Å². The van der Waals surface area contributed by atoms with Crippen LogP contribution in [-0.4, -0.2) is 79.4 Å². The fourth-order valence-electron chi connectivity index (χ4n) is 3.35. The first-order valence-electron chi connectivity index (χ1n) is 9.30. The van der Waals surface area contributed by atoms with E-state index in [1.807, 2.05) is 18.2 Å². The van der Waals surface area contributed by atoms with Crippen LogP contribution in [-0.2, 0) is 11.3 Å². The Balaban J connectivity index is 0.00000261. The van der Waals surface area contributed by atoms with E-state index in [1.54, 1.807) is 19.0 Å². The first-order valence-corrected chi connectivity index (χ1v) is 9.30. The minimum absolute atomic E-state index is 0. The summed E-state index contributed by atoms with van der Waals surface area (Å²) in [7, 11) is 3.55. The van der Waals surface area contributed by atoms with Gasteiger partial charge in [0.1, 0.15) is 0 Å². The minimum atomic E-state index is 0. The standard InChI is InChI=1S/C20H29N5O.HI/c1-23(2)19(26)15-22-20(21-14-17-8-4-3-5-9-17)25-13-10-18(16-25)24-11-6-7-12-24;/h3-9,18H,10-16H2,1-2H3,(H,21,22);1H. The molecule has 1 N–H and O–H groups in total. The molecule has 1 amide bonds. The number of likely N-dealkylation sites (N-methyl/N-ethyl adjacent to an activating group) is 1. The van der Waals surface area contributed by atoms with Crippen molar-refractivity contribution in [1.29, 1.82) is 0 Å². The van der Waals surface area contributed by atoms with Crippen LogP contribution in [0.5, 0.6) is 0 Å². The SMILES string of the molecule is CN(C)C(=O)CNC(=NCc1ccccc1)N1CCC(N2CC=CC2)C1.I. The van der Waals surface area contributed by atoms with Gasteiger partial charge < -0.3 is 15.1 Å². The molecular formula is C20H30IN5O. The van der Waals surface area contributed by atoms with E-state index in [0.29, 0.717) is 12.6 Å². The number of hydrogen-bond acceptors (Lipinski definition) is 3. The maximum absolute atomic E-state index is 12.0. The molecule has 0 aliphatic carbocycles. The number of likely N-dealkylation sites (tertiary alicyclic amines) is 1. The molecule has 1 atom stereocenters. The number of rotatable bonds is 5. The highest BCUT2D eigenvalue weighted by Crippen LogP contribution is 2.18. The molecule has 0 radical (unpaired) electrons. The first kappa shape index (κ1) is 21.7. The average Bonchev–Trinajstić information content (AvgIpc) is 3.33. The lowest BCUT2D eigenvalue weighted by molar-refractivity contribution is -0.127. The van der Waals surface area contributed by atoms with Crippen LogP contribution in [0.2, 0.25) is 0 Å². The number of carbonyl (C=O) groups is 1. The molecule has 6 nitrogen and oxygen atoms in total. The van der Waals surface area contributed by atoms with Crippen molar-refractivity contribution in [3.63, 3.8) is 0 Å². The number of nitrogens with one attached hydrogen (secondary N) is 1. The van der Waals surface area contributed by atoms with Gasteiger partial charge in [0, 0.05) is 46.3 Å². The van der Waals surface area contributed by atoms with Crippen LogP contribution < -0.4 is 5.32 Å². The molecule has 2 heterocycles. The number of amides is 1. The molecule has 2 aliphatic rings. The molecule has 3 rings (SSSR count). The van der Waals surface area contributed by atoms with E-state index in [2.05, 4.69) is 39.4 Å². The lowest BCUT2D eigenvalue weighted by Gasteiger charge is -2.26.